The molecule has 2 spiro atoms. The highest BCUT2D eigenvalue weighted by Crippen LogP contribution is 2.68. The molecular weight excluding hydrogens is 757 g/mol. The minimum atomic E-state index is -1.32. The van der Waals surface area contributed by atoms with Crippen LogP contribution < -0.4 is 0 Å². The molecule has 0 aromatic heterocycles. The second kappa shape index (κ2) is 13.3. The summed E-state index contributed by atoms with van der Waals surface area (Å²) in [6, 6.07) is 67.8. The van der Waals surface area contributed by atoms with Crippen molar-refractivity contribution in [2.24, 2.45) is 11.8 Å². The highest BCUT2D eigenvalue weighted by molar-refractivity contribution is 7.91. The van der Waals surface area contributed by atoms with Gasteiger partial charge in [-0.05, 0) is 171 Å². The lowest BCUT2D eigenvalue weighted by molar-refractivity contribution is 0.195. The Labute approximate surface area is 362 Å². The summed E-state index contributed by atoms with van der Waals surface area (Å²) in [5.41, 5.74) is 21.4. The average Bonchev–Trinajstić information content (AvgIpc) is 3.99. The van der Waals surface area contributed by atoms with Crippen LogP contribution in [0.2, 0.25) is 0 Å². The first-order chi connectivity index (χ1) is 30.1. The third-order valence-electron chi connectivity index (χ3n) is 15.7. The van der Waals surface area contributed by atoms with Crippen molar-refractivity contribution >= 4 is 11.2 Å². The first kappa shape index (κ1) is 35.8. The van der Waals surface area contributed by atoms with Gasteiger partial charge in [-0.3, -0.25) is 0 Å². The standard InChI is InChI=1S/C59H46OS/c1-37-22-31-47-48-32-27-39(35-56(48)59(55(47)34-37)53-20-10-4-14-44(53)45-15-5-11-21-54(45)59)24-23-38-25-28-40(29-26-38)61(60)41-30-33-49-46-16-6-9-19-52(46)58(57(49)36-41)50-17-7-2-12-42(50)43-13-3-8-18-51(43)58/h2-22,25-26,28-31,33-34,36,39,48,56H,23-24,27,32,35H2,1H3/t39-,48?,56?,61?/m1/s1. The number of fused-ring (bicyclic) bond motifs is 20. The highest BCUT2D eigenvalue weighted by atomic mass is 32.2. The molecule has 1 fully saturated rings. The molecule has 8 aromatic rings. The van der Waals surface area contributed by atoms with Gasteiger partial charge in [0.1, 0.15) is 0 Å². The number of hydrogen-bond acceptors (Lipinski definition) is 1. The van der Waals surface area contributed by atoms with Gasteiger partial charge >= 0.3 is 0 Å². The van der Waals surface area contributed by atoms with Crippen LogP contribution in [-0.2, 0) is 28.4 Å². The van der Waals surface area contributed by atoms with E-state index in [1.54, 1.807) is 11.1 Å². The summed E-state index contributed by atoms with van der Waals surface area (Å²) in [6.07, 6.45) is 5.98. The lowest BCUT2D eigenvalue weighted by atomic mass is 9.60. The van der Waals surface area contributed by atoms with Gasteiger partial charge in [0.2, 0.25) is 0 Å². The Kier molecular flexibility index (Phi) is 7.79. The van der Waals surface area contributed by atoms with Crippen LogP contribution in [0.3, 0.4) is 0 Å². The molecule has 5 aliphatic carbocycles. The predicted molar refractivity (Wildman–Crippen MR) is 249 cm³/mol. The maximum absolute atomic E-state index is 14.6. The topological polar surface area (TPSA) is 23.1 Å². The molecule has 294 valence electrons. The Balaban J connectivity index is 0.787. The van der Waals surface area contributed by atoms with Crippen LogP contribution in [0.25, 0.3) is 33.4 Å². The maximum atomic E-state index is 14.6. The third kappa shape index (κ3) is 4.78. The number of hydrogen-bond donors (Lipinski definition) is 0. The summed E-state index contributed by atoms with van der Waals surface area (Å²) >= 11 is -1.32. The monoisotopic (exact) mass is 802 g/mol. The molecule has 0 heterocycles. The van der Waals surface area contributed by atoms with Crippen LogP contribution >= 0.6 is 0 Å². The molecule has 8 aromatic carbocycles. The molecule has 5 aliphatic rings. The molecule has 3 unspecified atom stereocenters. The third-order valence-corrected chi connectivity index (χ3v) is 17.1. The van der Waals surface area contributed by atoms with E-state index >= 15 is 0 Å². The van der Waals surface area contributed by atoms with Crippen molar-refractivity contribution in [1.29, 1.82) is 0 Å². The lowest BCUT2D eigenvalue weighted by Crippen LogP contribution is -2.37. The Morgan fingerprint density at radius 2 is 1.00 bits per heavy atom. The molecule has 0 aliphatic heterocycles. The van der Waals surface area contributed by atoms with E-state index in [1.807, 2.05) is 0 Å². The molecule has 1 nitrogen and oxygen atoms in total. The minimum Gasteiger partial charge on any atom is -0.606 e. The van der Waals surface area contributed by atoms with E-state index in [1.165, 1.54) is 104 Å². The summed E-state index contributed by atoms with van der Waals surface area (Å²) in [7, 11) is 0. The SMILES string of the molecule is Cc1ccc2c(c1)C1(c3ccccc3-c3ccccc31)C1C[C@H](CCc3ccc([S+]([O-])c4ccc5c(c4)C4(c6ccccc6-c6ccccc64)c4ccccc4-5)cc3)CCC21. The predicted octanol–water partition coefficient (Wildman–Crippen LogP) is 14.0. The molecule has 0 radical (unpaired) electrons. The fourth-order valence-electron chi connectivity index (χ4n) is 13.3. The molecule has 0 amide bonds. The molecule has 1 saturated carbocycles. The highest BCUT2D eigenvalue weighted by Gasteiger charge is 2.59. The summed E-state index contributed by atoms with van der Waals surface area (Å²) in [6.45, 7) is 2.27. The second-order valence-corrected chi connectivity index (χ2v) is 19.9. The number of rotatable bonds is 5. The normalized spacial score (nSPS) is 20.3. The second-order valence-electron chi connectivity index (χ2n) is 18.4. The molecule has 0 saturated heterocycles. The minimum absolute atomic E-state index is 0.0892. The van der Waals surface area contributed by atoms with Gasteiger partial charge in [-0.2, -0.15) is 0 Å². The van der Waals surface area contributed by atoms with Crippen molar-refractivity contribution in [3.05, 3.63) is 238 Å². The molecule has 0 N–H and O–H groups in total. The van der Waals surface area contributed by atoms with E-state index in [-0.39, 0.29) is 5.41 Å². The molecule has 2 heteroatoms. The Hall–Kier alpha value is -5.93. The Bertz CT molecular complexity index is 2970. The van der Waals surface area contributed by atoms with E-state index in [0.717, 1.165) is 16.2 Å². The zero-order valence-electron chi connectivity index (χ0n) is 34.4. The van der Waals surface area contributed by atoms with Crippen LogP contribution in [0.4, 0.5) is 0 Å². The van der Waals surface area contributed by atoms with E-state index in [9.17, 15) is 4.55 Å². The zero-order valence-corrected chi connectivity index (χ0v) is 35.2. The molecular formula is C59H46OS. The van der Waals surface area contributed by atoms with E-state index in [4.69, 9.17) is 0 Å². The van der Waals surface area contributed by atoms with Crippen molar-refractivity contribution in [1.82, 2.24) is 0 Å². The van der Waals surface area contributed by atoms with E-state index < -0.39 is 16.6 Å². The number of aryl methyl sites for hydroxylation is 2. The summed E-state index contributed by atoms with van der Waals surface area (Å²) in [4.78, 5) is 1.72. The van der Waals surface area contributed by atoms with Gasteiger partial charge in [0.25, 0.3) is 0 Å². The summed E-state index contributed by atoms with van der Waals surface area (Å²) < 4.78 is 14.6. The van der Waals surface area contributed by atoms with Crippen LogP contribution in [0.1, 0.15) is 87.2 Å². The first-order valence-corrected chi connectivity index (χ1v) is 23.5. The molecule has 61 heavy (non-hydrogen) atoms. The average molecular weight is 803 g/mol. The maximum Gasteiger partial charge on any atom is 0.158 e. The fourth-order valence-corrected chi connectivity index (χ4v) is 14.4. The van der Waals surface area contributed by atoms with E-state index in [2.05, 4.69) is 189 Å². The van der Waals surface area contributed by atoms with Gasteiger partial charge in [0.05, 0.1) is 10.8 Å². The van der Waals surface area contributed by atoms with Crippen LogP contribution in [0.5, 0.6) is 0 Å². The van der Waals surface area contributed by atoms with Crippen molar-refractivity contribution in [2.45, 2.75) is 65.6 Å². The van der Waals surface area contributed by atoms with Crippen molar-refractivity contribution in [3.8, 4) is 33.4 Å². The van der Waals surface area contributed by atoms with Crippen molar-refractivity contribution in [3.63, 3.8) is 0 Å². The summed E-state index contributed by atoms with van der Waals surface area (Å²) in [5.74, 6) is 1.79. The van der Waals surface area contributed by atoms with Gasteiger partial charge in [0.15, 0.2) is 9.79 Å². The molecule has 13 rings (SSSR count). The van der Waals surface area contributed by atoms with Gasteiger partial charge < -0.3 is 4.55 Å². The van der Waals surface area contributed by atoms with Crippen molar-refractivity contribution in [2.75, 3.05) is 0 Å². The van der Waals surface area contributed by atoms with Gasteiger partial charge in [-0.1, -0.05) is 157 Å². The van der Waals surface area contributed by atoms with Crippen LogP contribution in [0.15, 0.2) is 192 Å². The van der Waals surface area contributed by atoms with Gasteiger partial charge in [0, 0.05) is 11.2 Å². The van der Waals surface area contributed by atoms with E-state index in [0.29, 0.717) is 17.8 Å². The number of benzene rings is 8. The summed E-state index contributed by atoms with van der Waals surface area (Å²) in [5, 5.41) is 0. The Morgan fingerprint density at radius 1 is 0.492 bits per heavy atom. The quantitative estimate of drug-likeness (QED) is 0.159. The Morgan fingerprint density at radius 3 is 1.59 bits per heavy atom. The van der Waals surface area contributed by atoms with Gasteiger partial charge in [-0.25, -0.2) is 0 Å². The smallest absolute Gasteiger partial charge is 0.158 e. The lowest BCUT2D eigenvalue weighted by Gasteiger charge is -2.42. The molecule has 0 bridgehead atoms. The van der Waals surface area contributed by atoms with Crippen molar-refractivity contribution < 1.29 is 4.55 Å². The fraction of sp³-hybridized carbons (Fsp3) is 0.186. The van der Waals surface area contributed by atoms with Crippen LogP contribution in [0, 0.1) is 18.8 Å². The van der Waals surface area contributed by atoms with Gasteiger partial charge in [-0.15, -0.1) is 0 Å². The first-order valence-electron chi connectivity index (χ1n) is 22.3. The zero-order chi connectivity index (χ0) is 40.5. The largest absolute Gasteiger partial charge is 0.606 e. The molecule has 4 atom stereocenters. The van der Waals surface area contributed by atoms with Crippen LogP contribution in [-0.4, -0.2) is 4.55 Å².